The maximum Gasteiger partial charge on any atom is 0.509 e. The van der Waals surface area contributed by atoms with Gasteiger partial charge in [-0.1, -0.05) is 23.7 Å². The molecule has 224 valence electrons. The molecule has 7 rings (SSSR count). The third kappa shape index (κ3) is 4.99. The summed E-state index contributed by atoms with van der Waals surface area (Å²) in [4.78, 5) is 25.5. The number of rotatable bonds is 7. The van der Waals surface area contributed by atoms with Crippen LogP contribution < -0.4 is 10.5 Å². The quantitative estimate of drug-likeness (QED) is 0.280. The lowest BCUT2D eigenvalue weighted by Gasteiger charge is -2.30. The monoisotopic (exact) mass is 621 g/mol. The number of aromatic nitrogens is 4. The number of nitrogens with two attached hydrogens (primary N) is 1. The highest BCUT2D eigenvalue weighted by atomic mass is 35.5. The second kappa shape index (κ2) is 10.6. The number of fused-ring (bicyclic) bond motifs is 2. The zero-order valence-corrected chi connectivity index (χ0v) is 24.2. The van der Waals surface area contributed by atoms with E-state index in [2.05, 4.69) is 15.0 Å². The number of halogens is 1. The van der Waals surface area contributed by atoms with E-state index >= 15 is 0 Å². The molecule has 3 saturated heterocycles. The number of nitrogens with zero attached hydrogens (tertiary/aromatic N) is 4. The van der Waals surface area contributed by atoms with Crippen molar-refractivity contribution < 1.29 is 41.9 Å². The van der Waals surface area contributed by atoms with Gasteiger partial charge < -0.3 is 24.7 Å². The molecule has 42 heavy (non-hydrogen) atoms. The molecule has 0 spiro atoms. The van der Waals surface area contributed by atoms with Gasteiger partial charge in [-0.3, -0.25) is 18.1 Å². The zero-order valence-electron chi connectivity index (χ0n) is 22.6. The molecule has 3 aromatic rings. The van der Waals surface area contributed by atoms with E-state index in [1.165, 1.54) is 6.33 Å². The summed E-state index contributed by atoms with van der Waals surface area (Å²) in [6, 6.07) is 7.09. The largest absolute Gasteiger partial charge is 0.509 e. The molecule has 14 nitrogen and oxygen atoms in total. The Balaban J connectivity index is 1.13. The van der Waals surface area contributed by atoms with Crippen LogP contribution in [-0.2, 0) is 32.3 Å². The van der Waals surface area contributed by atoms with Crippen molar-refractivity contribution >= 4 is 42.7 Å². The Morgan fingerprint density at radius 2 is 2.07 bits per heavy atom. The normalized spacial score (nSPS) is 33.0. The van der Waals surface area contributed by atoms with E-state index in [1.807, 2.05) is 6.07 Å². The van der Waals surface area contributed by atoms with Crippen molar-refractivity contribution in [2.24, 2.45) is 0 Å². The molecule has 6 atom stereocenters. The molecule has 4 fully saturated rings. The highest BCUT2D eigenvalue weighted by molar-refractivity contribution is 7.48. The van der Waals surface area contributed by atoms with Gasteiger partial charge in [0.05, 0.1) is 25.6 Å². The number of carbonyl (C=O) groups excluding carboxylic acids is 1. The summed E-state index contributed by atoms with van der Waals surface area (Å²) in [6.45, 7) is 1.53. The van der Waals surface area contributed by atoms with Gasteiger partial charge in [-0.2, -0.15) is 9.97 Å². The van der Waals surface area contributed by atoms with Gasteiger partial charge in [0.25, 0.3) is 0 Å². The minimum absolute atomic E-state index is 0.00422. The Morgan fingerprint density at radius 1 is 1.24 bits per heavy atom. The van der Waals surface area contributed by atoms with Crippen LogP contribution >= 0.6 is 19.4 Å². The van der Waals surface area contributed by atoms with E-state index in [1.54, 1.807) is 29.7 Å². The van der Waals surface area contributed by atoms with Crippen molar-refractivity contribution in [1.29, 1.82) is 0 Å². The number of benzene rings is 1. The van der Waals surface area contributed by atoms with Crippen molar-refractivity contribution in [3.05, 3.63) is 41.2 Å². The minimum atomic E-state index is -4.00. The number of anilines is 1. The van der Waals surface area contributed by atoms with Crippen LogP contribution in [-0.4, -0.2) is 62.8 Å². The molecule has 1 aliphatic carbocycles. The van der Waals surface area contributed by atoms with E-state index in [-0.39, 0.29) is 31.1 Å². The number of hydrogen-bond acceptors (Lipinski definition) is 13. The third-order valence-electron chi connectivity index (χ3n) is 7.97. The molecule has 2 N–H and O–H groups in total. The molecule has 0 unspecified atom stereocenters. The van der Waals surface area contributed by atoms with Gasteiger partial charge in [-0.15, -0.1) is 0 Å². The molecule has 0 amide bonds. The first-order valence-corrected chi connectivity index (χ1v) is 15.6. The van der Waals surface area contributed by atoms with Gasteiger partial charge in [0.15, 0.2) is 29.1 Å². The molecule has 0 bridgehead atoms. The standard InChI is InChI=1S/C26H29ClN5O9P/c1-26-20(39-25(33)40-26)18(12-36-42(34)35-10-9-17(41-42)14-5-4-6-15(27)11-14)38-23(26)32-13-29-19-21(32)30-24(28)31-22(19)37-16-7-2-3-8-16/h4-6,11,13,16-18,20,23H,2-3,7-10,12H2,1H3,(H2,28,30,31)/t17-,18+,20+,23+,26+,42+/m0/s1. The Bertz CT molecular complexity index is 1570. The lowest BCUT2D eigenvalue weighted by atomic mass is 9.96. The Kier molecular flexibility index (Phi) is 7.03. The summed E-state index contributed by atoms with van der Waals surface area (Å²) in [5.41, 5.74) is 6.21. The number of ether oxygens (including phenoxy) is 4. The second-order valence-electron chi connectivity index (χ2n) is 10.9. The van der Waals surface area contributed by atoms with Crippen molar-refractivity contribution in [2.75, 3.05) is 18.9 Å². The first kappa shape index (κ1) is 27.8. The van der Waals surface area contributed by atoms with E-state index in [9.17, 15) is 9.36 Å². The number of hydrogen-bond donors (Lipinski definition) is 1. The number of phosphoric acid groups is 1. The second-order valence-corrected chi connectivity index (χ2v) is 12.9. The first-order valence-electron chi connectivity index (χ1n) is 13.8. The summed E-state index contributed by atoms with van der Waals surface area (Å²) >= 11 is 6.12. The summed E-state index contributed by atoms with van der Waals surface area (Å²) in [7, 11) is -4.00. The van der Waals surface area contributed by atoms with Crippen LogP contribution in [0.15, 0.2) is 30.6 Å². The predicted molar refractivity (Wildman–Crippen MR) is 146 cm³/mol. The van der Waals surface area contributed by atoms with Crippen LogP contribution in [0.2, 0.25) is 5.02 Å². The van der Waals surface area contributed by atoms with Gasteiger partial charge in [-0.05, 0) is 50.3 Å². The van der Waals surface area contributed by atoms with Gasteiger partial charge in [-0.25, -0.2) is 14.3 Å². The van der Waals surface area contributed by atoms with Crippen LogP contribution in [0.4, 0.5) is 10.7 Å². The van der Waals surface area contributed by atoms with Crippen LogP contribution in [0.1, 0.15) is 56.9 Å². The fourth-order valence-corrected chi connectivity index (χ4v) is 7.55. The topological polar surface area (TPSA) is 168 Å². The highest BCUT2D eigenvalue weighted by Crippen LogP contribution is 2.58. The predicted octanol–water partition coefficient (Wildman–Crippen LogP) is 4.88. The average molecular weight is 622 g/mol. The van der Waals surface area contributed by atoms with E-state index < -0.39 is 44.1 Å². The van der Waals surface area contributed by atoms with Gasteiger partial charge >= 0.3 is 14.0 Å². The summed E-state index contributed by atoms with van der Waals surface area (Å²) in [6.07, 6.45) is 1.80. The molecule has 1 saturated carbocycles. The van der Waals surface area contributed by atoms with Gasteiger partial charge in [0.2, 0.25) is 11.8 Å². The Hall–Kier alpha value is -3.00. The van der Waals surface area contributed by atoms with Crippen molar-refractivity contribution in [2.45, 2.75) is 75.3 Å². The van der Waals surface area contributed by atoms with Crippen LogP contribution in [0.25, 0.3) is 11.2 Å². The number of carbonyl (C=O) groups is 1. The Labute approximate surface area is 245 Å². The molecular weight excluding hydrogens is 593 g/mol. The Morgan fingerprint density at radius 3 is 2.88 bits per heavy atom. The molecule has 3 aliphatic heterocycles. The summed E-state index contributed by atoms with van der Waals surface area (Å²) < 4.78 is 55.5. The third-order valence-corrected chi connectivity index (χ3v) is 9.68. The van der Waals surface area contributed by atoms with E-state index in [4.69, 9.17) is 49.9 Å². The SMILES string of the molecule is C[C@@]12OC(=O)O[C@@H]1[C@@H](CO[P@@]1(=O)OCC[C@@H](c3cccc(Cl)c3)O1)O[C@H]2n1cnc2c(OC3CCCC3)nc(N)nc21. The minimum Gasteiger partial charge on any atom is -0.473 e. The van der Waals surface area contributed by atoms with Crippen LogP contribution in [0.5, 0.6) is 5.88 Å². The highest BCUT2D eigenvalue weighted by Gasteiger charge is 2.64. The number of phosphoric ester groups is 1. The fraction of sp³-hybridized carbons (Fsp3) is 0.538. The summed E-state index contributed by atoms with van der Waals surface area (Å²) in [5.74, 6) is 0.275. The molecular formula is C26H29ClN5O9P. The van der Waals surface area contributed by atoms with Crippen LogP contribution in [0.3, 0.4) is 0 Å². The smallest absolute Gasteiger partial charge is 0.473 e. The molecule has 5 heterocycles. The molecule has 1 aromatic carbocycles. The molecule has 0 radical (unpaired) electrons. The molecule has 4 aliphatic rings. The lowest BCUT2D eigenvalue weighted by molar-refractivity contribution is -0.0925. The zero-order chi connectivity index (χ0) is 29.1. The maximum atomic E-state index is 13.4. The van der Waals surface area contributed by atoms with Crippen LogP contribution in [0, 0.1) is 0 Å². The molecule has 16 heteroatoms. The number of nitrogen functional groups attached to an aromatic ring is 1. The first-order chi connectivity index (χ1) is 20.2. The number of imidazole rings is 1. The van der Waals surface area contributed by atoms with Gasteiger partial charge in [0, 0.05) is 11.4 Å². The van der Waals surface area contributed by atoms with Crippen molar-refractivity contribution in [1.82, 2.24) is 19.5 Å². The summed E-state index contributed by atoms with van der Waals surface area (Å²) in [5, 5.41) is 0.530. The van der Waals surface area contributed by atoms with Gasteiger partial charge in [0.1, 0.15) is 12.2 Å². The fourth-order valence-electron chi connectivity index (χ4n) is 5.96. The lowest BCUT2D eigenvalue weighted by Crippen LogP contribution is -2.42. The average Bonchev–Trinajstić information content (AvgIpc) is 3.72. The van der Waals surface area contributed by atoms with Crippen molar-refractivity contribution in [3.63, 3.8) is 0 Å². The van der Waals surface area contributed by atoms with E-state index in [0.29, 0.717) is 22.6 Å². The maximum absolute atomic E-state index is 13.4. The molecule has 2 aromatic heterocycles. The van der Waals surface area contributed by atoms with Crippen molar-refractivity contribution in [3.8, 4) is 5.88 Å². The van der Waals surface area contributed by atoms with E-state index in [0.717, 1.165) is 31.2 Å².